The normalized spacial score (nSPS) is 12.5. The van der Waals surface area contributed by atoms with Crippen molar-refractivity contribution in [1.82, 2.24) is 9.55 Å². The van der Waals surface area contributed by atoms with Gasteiger partial charge in [0.2, 0.25) is 0 Å². The molecule has 128 valence electrons. The number of furan rings is 1. The Labute approximate surface area is 146 Å². The molecule has 0 aliphatic carbocycles. The topological polar surface area (TPSA) is 52.2 Å². The van der Waals surface area contributed by atoms with E-state index in [1.54, 1.807) is 24.7 Å². The number of aryl methyl sites for hydroxylation is 1. The SMILES string of the molecule is COC[C@H](C)Nc1nc(-c2cc(C)n(Cc3ccco3)c2C)cs1. The van der Waals surface area contributed by atoms with Gasteiger partial charge in [-0.05, 0) is 39.0 Å². The van der Waals surface area contributed by atoms with E-state index in [2.05, 4.69) is 42.1 Å². The zero-order valence-corrected chi connectivity index (χ0v) is 15.3. The summed E-state index contributed by atoms with van der Waals surface area (Å²) < 4.78 is 12.9. The lowest BCUT2D eigenvalue weighted by molar-refractivity contribution is 0.190. The maximum absolute atomic E-state index is 5.48. The van der Waals surface area contributed by atoms with Crippen LogP contribution in [0.2, 0.25) is 0 Å². The van der Waals surface area contributed by atoms with Crippen LogP contribution in [0.1, 0.15) is 24.1 Å². The van der Waals surface area contributed by atoms with Crippen LogP contribution in [0.15, 0.2) is 34.3 Å². The van der Waals surface area contributed by atoms with E-state index in [1.165, 1.54) is 17.0 Å². The fourth-order valence-corrected chi connectivity index (χ4v) is 3.65. The number of thiazole rings is 1. The second-order valence-corrected chi connectivity index (χ2v) is 6.85. The first-order valence-corrected chi connectivity index (χ1v) is 8.87. The van der Waals surface area contributed by atoms with Crippen LogP contribution in [-0.4, -0.2) is 29.3 Å². The molecule has 3 aromatic heterocycles. The predicted molar refractivity (Wildman–Crippen MR) is 97.8 cm³/mol. The van der Waals surface area contributed by atoms with Crippen LogP contribution >= 0.6 is 11.3 Å². The number of nitrogens with one attached hydrogen (secondary N) is 1. The third-order valence-electron chi connectivity index (χ3n) is 4.03. The van der Waals surface area contributed by atoms with Gasteiger partial charge in [0.15, 0.2) is 5.13 Å². The quantitative estimate of drug-likeness (QED) is 0.693. The Hall–Kier alpha value is -2.05. The third-order valence-corrected chi connectivity index (χ3v) is 4.81. The Kier molecular flexibility index (Phi) is 5.06. The molecule has 0 radical (unpaired) electrons. The number of anilines is 1. The van der Waals surface area contributed by atoms with Crippen LogP contribution in [0.25, 0.3) is 11.3 Å². The van der Waals surface area contributed by atoms with Crippen molar-refractivity contribution < 1.29 is 9.15 Å². The molecule has 6 heteroatoms. The van der Waals surface area contributed by atoms with Crippen LogP contribution in [0.5, 0.6) is 0 Å². The van der Waals surface area contributed by atoms with E-state index in [-0.39, 0.29) is 6.04 Å². The Balaban J connectivity index is 1.81. The number of nitrogens with zero attached hydrogens (tertiary/aromatic N) is 2. The van der Waals surface area contributed by atoms with Crippen molar-refractivity contribution >= 4 is 16.5 Å². The van der Waals surface area contributed by atoms with Gasteiger partial charge in [0.25, 0.3) is 0 Å². The molecule has 0 spiro atoms. The van der Waals surface area contributed by atoms with Gasteiger partial charge in [-0.2, -0.15) is 0 Å². The molecule has 24 heavy (non-hydrogen) atoms. The maximum Gasteiger partial charge on any atom is 0.183 e. The number of ether oxygens (including phenoxy) is 1. The summed E-state index contributed by atoms with van der Waals surface area (Å²) in [5, 5.41) is 6.39. The highest BCUT2D eigenvalue weighted by Gasteiger charge is 2.15. The summed E-state index contributed by atoms with van der Waals surface area (Å²) in [5.41, 5.74) is 4.58. The minimum absolute atomic E-state index is 0.236. The first-order valence-electron chi connectivity index (χ1n) is 7.99. The first-order chi connectivity index (χ1) is 11.6. The van der Waals surface area contributed by atoms with Gasteiger partial charge in [-0.1, -0.05) is 0 Å². The summed E-state index contributed by atoms with van der Waals surface area (Å²) in [6.45, 7) is 7.73. The van der Waals surface area contributed by atoms with Crippen LogP contribution < -0.4 is 5.32 Å². The highest BCUT2D eigenvalue weighted by atomic mass is 32.1. The molecule has 0 aliphatic rings. The molecule has 0 saturated heterocycles. The van der Waals surface area contributed by atoms with Crippen molar-refractivity contribution in [3.8, 4) is 11.3 Å². The Morgan fingerprint density at radius 3 is 2.96 bits per heavy atom. The van der Waals surface area contributed by atoms with Crippen LogP contribution in [0.3, 0.4) is 0 Å². The lowest BCUT2D eigenvalue weighted by Crippen LogP contribution is -2.20. The molecule has 0 bridgehead atoms. The molecule has 0 aliphatic heterocycles. The Morgan fingerprint density at radius 1 is 1.42 bits per heavy atom. The van der Waals surface area contributed by atoms with Crippen LogP contribution in [-0.2, 0) is 11.3 Å². The molecular weight excluding hydrogens is 322 g/mol. The molecule has 5 nitrogen and oxygen atoms in total. The Morgan fingerprint density at radius 2 is 2.25 bits per heavy atom. The van der Waals surface area contributed by atoms with Crippen molar-refractivity contribution in [3.63, 3.8) is 0 Å². The van der Waals surface area contributed by atoms with E-state index in [1.807, 2.05) is 12.1 Å². The molecule has 0 aromatic carbocycles. The van der Waals surface area contributed by atoms with E-state index in [0.29, 0.717) is 6.61 Å². The minimum Gasteiger partial charge on any atom is -0.467 e. The molecular formula is C18H23N3O2S. The Bertz CT molecular complexity index is 789. The summed E-state index contributed by atoms with van der Waals surface area (Å²) in [7, 11) is 1.71. The minimum atomic E-state index is 0.236. The summed E-state index contributed by atoms with van der Waals surface area (Å²) in [5.74, 6) is 0.956. The standard InChI is InChI=1S/C18H23N3O2S/c1-12(10-22-4)19-18-20-17(11-24-18)16-8-13(2)21(14(16)3)9-15-6-5-7-23-15/h5-8,11-12H,9-10H2,1-4H3,(H,19,20)/t12-/m0/s1. The average molecular weight is 345 g/mol. The number of hydrogen-bond acceptors (Lipinski definition) is 5. The van der Waals surface area contributed by atoms with E-state index in [4.69, 9.17) is 14.1 Å². The van der Waals surface area contributed by atoms with Crippen LogP contribution in [0, 0.1) is 13.8 Å². The summed E-state index contributed by atoms with van der Waals surface area (Å²) >= 11 is 1.62. The molecule has 0 fully saturated rings. The first kappa shape index (κ1) is 16.8. The zero-order chi connectivity index (χ0) is 17.1. The molecule has 0 saturated carbocycles. The molecule has 3 rings (SSSR count). The third kappa shape index (κ3) is 3.55. The van der Waals surface area contributed by atoms with Crippen molar-refractivity contribution in [1.29, 1.82) is 0 Å². The second-order valence-electron chi connectivity index (χ2n) is 5.99. The second kappa shape index (κ2) is 7.23. The monoisotopic (exact) mass is 345 g/mol. The average Bonchev–Trinajstić information content (AvgIpc) is 3.25. The summed E-state index contributed by atoms with van der Waals surface area (Å²) in [6, 6.07) is 6.35. The summed E-state index contributed by atoms with van der Waals surface area (Å²) in [6.07, 6.45) is 1.71. The lowest BCUT2D eigenvalue weighted by Gasteiger charge is -2.10. The highest BCUT2D eigenvalue weighted by Crippen LogP contribution is 2.30. The molecule has 0 amide bonds. The van der Waals surface area contributed by atoms with Crippen molar-refractivity contribution in [2.45, 2.75) is 33.4 Å². The fraction of sp³-hybridized carbons (Fsp3) is 0.389. The molecule has 3 heterocycles. The number of rotatable bonds is 7. The number of hydrogen-bond donors (Lipinski definition) is 1. The van der Waals surface area contributed by atoms with Gasteiger partial charge >= 0.3 is 0 Å². The van der Waals surface area contributed by atoms with Gasteiger partial charge in [0, 0.05) is 35.5 Å². The molecule has 3 aromatic rings. The van der Waals surface area contributed by atoms with Crippen LogP contribution in [0.4, 0.5) is 5.13 Å². The summed E-state index contributed by atoms with van der Waals surface area (Å²) in [4.78, 5) is 4.73. The maximum atomic E-state index is 5.48. The smallest absolute Gasteiger partial charge is 0.183 e. The lowest BCUT2D eigenvalue weighted by atomic mass is 10.2. The van der Waals surface area contributed by atoms with Crippen molar-refractivity contribution in [2.24, 2.45) is 0 Å². The number of methoxy groups -OCH3 is 1. The van der Waals surface area contributed by atoms with E-state index < -0.39 is 0 Å². The van der Waals surface area contributed by atoms with E-state index in [9.17, 15) is 0 Å². The predicted octanol–water partition coefficient (Wildman–Crippen LogP) is 4.32. The number of aromatic nitrogens is 2. The van der Waals surface area contributed by atoms with Gasteiger partial charge in [-0.25, -0.2) is 4.98 Å². The molecule has 1 atom stereocenters. The van der Waals surface area contributed by atoms with Gasteiger partial charge in [-0.15, -0.1) is 11.3 Å². The van der Waals surface area contributed by atoms with E-state index in [0.717, 1.165) is 23.1 Å². The van der Waals surface area contributed by atoms with Gasteiger partial charge in [-0.3, -0.25) is 0 Å². The van der Waals surface area contributed by atoms with Gasteiger partial charge < -0.3 is 19.0 Å². The fourth-order valence-electron chi connectivity index (χ4n) is 2.83. The highest BCUT2D eigenvalue weighted by molar-refractivity contribution is 7.14. The molecule has 1 N–H and O–H groups in total. The molecule has 0 unspecified atom stereocenters. The van der Waals surface area contributed by atoms with Gasteiger partial charge in [0.05, 0.1) is 25.1 Å². The zero-order valence-electron chi connectivity index (χ0n) is 14.5. The van der Waals surface area contributed by atoms with Crippen molar-refractivity contribution in [2.75, 3.05) is 19.0 Å². The largest absolute Gasteiger partial charge is 0.467 e. The van der Waals surface area contributed by atoms with E-state index >= 15 is 0 Å². The van der Waals surface area contributed by atoms with Gasteiger partial charge in [0.1, 0.15) is 5.76 Å². The van der Waals surface area contributed by atoms with Crippen molar-refractivity contribution in [3.05, 3.63) is 47.0 Å².